The molecule has 0 fully saturated rings. The van der Waals surface area contributed by atoms with Gasteiger partial charge in [-0.3, -0.25) is 0 Å². The van der Waals surface area contributed by atoms with Gasteiger partial charge in [-0.2, -0.15) is 25.3 Å². The molecule has 0 aromatic carbocycles. The summed E-state index contributed by atoms with van der Waals surface area (Å²) in [5.74, 6) is 1.63. The van der Waals surface area contributed by atoms with Gasteiger partial charge in [0.05, 0.1) is 6.61 Å². The molecule has 0 aliphatic carbocycles. The van der Waals surface area contributed by atoms with Crippen molar-refractivity contribution in [1.82, 2.24) is 0 Å². The molecule has 1 nitrogen and oxygen atoms in total. The zero-order valence-corrected chi connectivity index (χ0v) is 10.2. The topological polar surface area (TPSA) is 9.23 Å². The van der Waals surface area contributed by atoms with E-state index in [0.29, 0.717) is 0 Å². The SMILES string of the molecule is COCC(CS)(CS)C(C)(C)C. The predicted octanol–water partition coefficient (Wildman–Crippen LogP) is 2.52. The normalized spacial score (nSPS) is 13.5. The van der Waals surface area contributed by atoms with E-state index in [1.807, 2.05) is 0 Å². The highest BCUT2D eigenvalue weighted by atomic mass is 32.1. The molecule has 0 radical (unpaired) electrons. The Bertz CT molecular complexity index is 125. The first-order valence-electron chi connectivity index (χ1n) is 4.14. The van der Waals surface area contributed by atoms with Crippen LogP contribution in [0.15, 0.2) is 0 Å². The highest BCUT2D eigenvalue weighted by Crippen LogP contribution is 2.40. The van der Waals surface area contributed by atoms with Crippen LogP contribution in [0.1, 0.15) is 20.8 Å². The van der Waals surface area contributed by atoms with Crippen LogP contribution in [0.4, 0.5) is 0 Å². The summed E-state index contributed by atoms with van der Waals surface area (Å²) in [7, 11) is 1.73. The smallest absolute Gasteiger partial charge is 0.0539 e. The second-order valence-corrected chi connectivity index (χ2v) is 4.91. The summed E-state index contributed by atoms with van der Waals surface area (Å²) in [5.41, 5.74) is 0.264. The van der Waals surface area contributed by atoms with E-state index in [-0.39, 0.29) is 10.8 Å². The lowest BCUT2D eigenvalue weighted by Crippen LogP contribution is -2.43. The van der Waals surface area contributed by atoms with E-state index in [4.69, 9.17) is 4.74 Å². The molecule has 74 valence electrons. The summed E-state index contributed by atoms with van der Waals surface area (Å²) in [5, 5.41) is 0. The van der Waals surface area contributed by atoms with Gasteiger partial charge in [0, 0.05) is 12.5 Å². The molecule has 12 heavy (non-hydrogen) atoms. The standard InChI is InChI=1S/C9H20OS2/c1-8(2,3)9(6-11,7-12)5-10-4/h11-12H,5-7H2,1-4H3. The minimum atomic E-state index is 0.0774. The maximum absolute atomic E-state index is 5.22. The van der Waals surface area contributed by atoms with E-state index in [0.717, 1.165) is 18.1 Å². The van der Waals surface area contributed by atoms with E-state index < -0.39 is 0 Å². The average molecular weight is 208 g/mol. The number of methoxy groups -OCH3 is 1. The van der Waals surface area contributed by atoms with Gasteiger partial charge >= 0.3 is 0 Å². The Labute approximate surface area is 87.1 Å². The van der Waals surface area contributed by atoms with Crippen molar-refractivity contribution in [2.24, 2.45) is 10.8 Å². The number of rotatable bonds is 4. The molecule has 0 N–H and O–H groups in total. The lowest BCUT2D eigenvalue weighted by molar-refractivity contribution is 0.0317. The van der Waals surface area contributed by atoms with Gasteiger partial charge in [0.2, 0.25) is 0 Å². The van der Waals surface area contributed by atoms with Gasteiger partial charge < -0.3 is 4.74 Å². The Balaban J connectivity index is 4.57. The Morgan fingerprint density at radius 2 is 1.50 bits per heavy atom. The maximum Gasteiger partial charge on any atom is 0.0539 e. The van der Waals surface area contributed by atoms with Gasteiger partial charge in [0.25, 0.3) is 0 Å². The molecule has 0 bridgehead atoms. The van der Waals surface area contributed by atoms with E-state index >= 15 is 0 Å². The molecule has 0 saturated carbocycles. The molecule has 0 unspecified atom stereocenters. The second kappa shape index (κ2) is 4.77. The Kier molecular flexibility index (Phi) is 5.04. The first kappa shape index (κ1) is 12.7. The van der Waals surface area contributed by atoms with Crippen molar-refractivity contribution in [2.45, 2.75) is 20.8 Å². The first-order chi connectivity index (χ1) is 5.43. The van der Waals surface area contributed by atoms with Crippen LogP contribution in [-0.2, 0) is 4.74 Å². The van der Waals surface area contributed by atoms with Crippen molar-refractivity contribution in [3.8, 4) is 0 Å². The van der Waals surface area contributed by atoms with Gasteiger partial charge in [-0.05, 0) is 16.9 Å². The Morgan fingerprint density at radius 3 is 1.58 bits per heavy atom. The number of hydrogen-bond acceptors (Lipinski definition) is 3. The third kappa shape index (κ3) is 2.57. The van der Waals surface area contributed by atoms with Crippen LogP contribution < -0.4 is 0 Å². The van der Waals surface area contributed by atoms with E-state index in [1.54, 1.807) is 7.11 Å². The van der Waals surface area contributed by atoms with Crippen molar-refractivity contribution in [1.29, 1.82) is 0 Å². The van der Waals surface area contributed by atoms with Gasteiger partial charge in [-0.1, -0.05) is 20.8 Å². The lowest BCUT2D eigenvalue weighted by Gasteiger charge is -2.42. The van der Waals surface area contributed by atoms with Crippen LogP contribution in [0.3, 0.4) is 0 Å². The molecular formula is C9H20OS2. The Hall–Kier alpha value is 0.660. The van der Waals surface area contributed by atoms with Gasteiger partial charge in [-0.15, -0.1) is 0 Å². The minimum Gasteiger partial charge on any atom is -0.384 e. The Morgan fingerprint density at radius 1 is 1.08 bits per heavy atom. The summed E-state index contributed by atoms with van der Waals surface area (Å²) in [6.45, 7) is 7.35. The fourth-order valence-corrected chi connectivity index (χ4v) is 2.64. The molecule has 0 saturated heterocycles. The fourth-order valence-electron chi connectivity index (χ4n) is 1.11. The summed E-state index contributed by atoms with van der Waals surface area (Å²) in [6, 6.07) is 0. The van der Waals surface area contributed by atoms with Gasteiger partial charge in [0.1, 0.15) is 0 Å². The zero-order valence-electron chi connectivity index (χ0n) is 8.42. The molecule has 0 rings (SSSR count). The van der Waals surface area contributed by atoms with E-state index in [2.05, 4.69) is 46.0 Å². The van der Waals surface area contributed by atoms with Crippen molar-refractivity contribution < 1.29 is 4.74 Å². The largest absolute Gasteiger partial charge is 0.384 e. The summed E-state index contributed by atoms with van der Waals surface area (Å²) in [6.07, 6.45) is 0. The third-order valence-electron chi connectivity index (χ3n) is 2.62. The summed E-state index contributed by atoms with van der Waals surface area (Å²) in [4.78, 5) is 0. The second-order valence-electron chi connectivity index (χ2n) is 4.28. The fraction of sp³-hybridized carbons (Fsp3) is 1.00. The lowest BCUT2D eigenvalue weighted by atomic mass is 9.69. The molecular weight excluding hydrogens is 188 g/mol. The molecule has 0 heterocycles. The van der Waals surface area contributed by atoms with Crippen LogP contribution in [0.2, 0.25) is 0 Å². The monoisotopic (exact) mass is 208 g/mol. The van der Waals surface area contributed by atoms with Crippen molar-refractivity contribution >= 4 is 25.3 Å². The van der Waals surface area contributed by atoms with Crippen molar-refractivity contribution in [3.05, 3.63) is 0 Å². The predicted molar refractivity (Wildman–Crippen MR) is 61.5 cm³/mol. The molecule has 0 aromatic heterocycles. The highest BCUT2D eigenvalue weighted by Gasteiger charge is 2.39. The van der Waals surface area contributed by atoms with Gasteiger partial charge in [0.15, 0.2) is 0 Å². The van der Waals surface area contributed by atoms with Crippen LogP contribution in [0, 0.1) is 10.8 Å². The molecule has 0 aliphatic heterocycles. The molecule has 0 aliphatic rings. The van der Waals surface area contributed by atoms with E-state index in [1.165, 1.54) is 0 Å². The van der Waals surface area contributed by atoms with Crippen LogP contribution in [0.25, 0.3) is 0 Å². The molecule has 0 aromatic rings. The maximum atomic E-state index is 5.22. The minimum absolute atomic E-state index is 0.0774. The third-order valence-corrected chi connectivity index (χ3v) is 3.83. The quantitative estimate of drug-likeness (QED) is 0.675. The molecule has 0 spiro atoms. The average Bonchev–Trinajstić information content (AvgIpc) is 1.98. The number of thiol groups is 2. The van der Waals surface area contributed by atoms with Crippen LogP contribution in [0.5, 0.6) is 0 Å². The zero-order chi connectivity index (χ0) is 9.83. The molecule has 0 amide bonds. The number of ether oxygens (including phenoxy) is 1. The van der Waals surface area contributed by atoms with Crippen LogP contribution in [-0.4, -0.2) is 25.2 Å². The summed E-state index contributed by atoms with van der Waals surface area (Å²) < 4.78 is 5.22. The number of hydrogen-bond donors (Lipinski definition) is 2. The van der Waals surface area contributed by atoms with Crippen molar-refractivity contribution in [3.63, 3.8) is 0 Å². The first-order valence-corrected chi connectivity index (χ1v) is 5.40. The highest BCUT2D eigenvalue weighted by molar-refractivity contribution is 7.81. The van der Waals surface area contributed by atoms with Gasteiger partial charge in [-0.25, -0.2) is 0 Å². The summed E-state index contributed by atoms with van der Waals surface area (Å²) >= 11 is 8.76. The molecule has 3 heteroatoms. The molecule has 0 atom stereocenters. The van der Waals surface area contributed by atoms with E-state index in [9.17, 15) is 0 Å². The van der Waals surface area contributed by atoms with Crippen LogP contribution >= 0.6 is 25.3 Å². The van der Waals surface area contributed by atoms with Crippen molar-refractivity contribution in [2.75, 3.05) is 25.2 Å².